The van der Waals surface area contributed by atoms with Gasteiger partial charge < -0.3 is 20.3 Å². The Labute approximate surface area is 120 Å². The molecular formula is C16H25NO3. The smallest absolute Gasteiger partial charge is 0.119 e. The minimum absolute atomic E-state index is 0.249. The predicted molar refractivity (Wildman–Crippen MR) is 78.6 cm³/mol. The van der Waals surface area contributed by atoms with E-state index in [0.717, 1.165) is 17.9 Å². The molecule has 1 aliphatic rings. The van der Waals surface area contributed by atoms with Crippen molar-refractivity contribution < 1.29 is 14.6 Å². The number of benzene rings is 1. The van der Waals surface area contributed by atoms with Gasteiger partial charge in [-0.3, -0.25) is 0 Å². The van der Waals surface area contributed by atoms with Gasteiger partial charge in [-0.25, -0.2) is 0 Å². The second-order valence-electron chi connectivity index (χ2n) is 5.50. The first kappa shape index (κ1) is 15.3. The molecule has 0 aliphatic heterocycles. The first-order valence-electron chi connectivity index (χ1n) is 7.45. The number of ether oxygens (including phenoxy) is 2. The van der Waals surface area contributed by atoms with Gasteiger partial charge in [-0.05, 0) is 36.5 Å². The number of nitrogens with two attached hydrogens (primary N) is 1. The van der Waals surface area contributed by atoms with Crippen molar-refractivity contribution in [3.8, 4) is 5.75 Å². The van der Waals surface area contributed by atoms with Crippen LogP contribution >= 0.6 is 0 Å². The maximum absolute atomic E-state index is 9.84. The van der Waals surface area contributed by atoms with Crippen LogP contribution in [0, 0.1) is 5.92 Å². The first-order valence-corrected chi connectivity index (χ1v) is 7.45. The fourth-order valence-electron chi connectivity index (χ4n) is 2.55. The van der Waals surface area contributed by atoms with Crippen LogP contribution < -0.4 is 10.5 Å². The van der Waals surface area contributed by atoms with Crippen LogP contribution in [0.15, 0.2) is 24.3 Å². The predicted octanol–water partition coefficient (Wildman–Crippen LogP) is 2.09. The van der Waals surface area contributed by atoms with Crippen LogP contribution in [0.25, 0.3) is 0 Å². The monoisotopic (exact) mass is 279 g/mol. The molecule has 112 valence electrons. The van der Waals surface area contributed by atoms with Crippen LogP contribution in [-0.4, -0.2) is 31.0 Å². The highest BCUT2D eigenvalue weighted by atomic mass is 16.5. The van der Waals surface area contributed by atoms with Crippen molar-refractivity contribution in [1.29, 1.82) is 0 Å². The molecule has 4 heteroatoms. The molecule has 0 radical (unpaired) electrons. The van der Waals surface area contributed by atoms with Gasteiger partial charge in [0, 0.05) is 13.2 Å². The second-order valence-corrected chi connectivity index (χ2v) is 5.50. The Morgan fingerprint density at radius 1 is 1.25 bits per heavy atom. The summed E-state index contributed by atoms with van der Waals surface area (Å²) in [6.07, 6.45) is 4.57. The fraction of sp³-hybridized carbons (Fsp3) is 0.625. The zero-order chi connectivity index (χ0) is 14.2. The molecule has 0 heterocycles. The van der Waals surface area contributed by atoms with Crippen LogP contribution in [0.2, 0.25) is 0 Å². The Kier molecular flexibility index (Phi) is 6.30. The Hall–Kier alpha value is -1.10. The van der Waals surface area contributed by atoms with Gasteiger partial charge in [0.05, 0.1) is 6.61 Å². The third-order valence-corrected chi connectivity index (χ3v) is 3.72. The summed E-state index contributed by atoms with van der Waals surface area (Å²) < 4.78 is 11.1. The minimum Gasteiger partial charge on any atom is -0.491 e. The highest BCUT2D eigenvalue weighted by Gasteiger charge is 2.15. The van der Waals surface area contributed by atoms with Crippen molar-refractivity contribution in [3.05, 3.63) is 29.8 Å². The van der Waals surface area contributed by atoms with Crippen molar-refractivity contribution >= 4 is 0 Å². The Balaban J connectivity index is 1.62. The summed E-state index contributed by atoms with van der Waals surface area (Å²) in [5.41, 5.74) is 6.60. The van der Waals surface area contributed by atoms with Crippen molar-refractivity contribution in [3.63, 3.8) is 0 Å². The van der Waals surface area contributed by atoms with Crippen molar-refractivity contribution in [2.45, 2.75) is 38.3 Å². The molecular weight excluding hydrogens is 254 g/mol. The van der Waals surface area contributed by atoms with E-state index >= 15 is 0 Å². The van der Waals surface area contributed by atoms with E-state index in [1.165, 1.54) is 25.7 Å². The van der Waals surface area contributed by atoms with E-state index in [1.54, 1.807) is 0 Å². The second kappa shape index (κ2) is 8.25. The van der Waals surface area contributed by atoms with Gasteiger partial charge in [0.25, 0.3) is 0 Å². The topological polar surface area (TPSA) is 64.7 Å². The van der Waals surface area contributed by atoms with Crippen LogP contribution in [0.1, 0.15) is 31.2 Å². The number of hydrogen-bond donors (Lipinski definition) is 2. The SMILES string of the molecule is NCc1cccc(OCC(O)COCC2CCCC2)c1. The first-order chi connectivity index (χ1) is 9.78. The van der Waals surface area contributed by atoms with Gasteiger partial charge in [-0.1, -0.05) is 25.0 Å². The summed E-state index contributed by atoms with van der Waals surface area (Å²) in [6.45, 7) is 1.84. The minimum atomic E-state index is -0.585. The number of aliphatic hydroxyl groups is 1. The molecule has 0 saturated heterocycles. The summed E-state index contributed by atoms with van der Waals surface area (Å²) in [4.78, 5) is 0. The van der Waals surface area contributed by atoms with Gasteiger partial charge in [0.15, 0.2) is 0 Å². The largest absolute Gasteiger partial charge is 0.491 e. The van der Waals surface area contributed by atoms with E-state index in [2.05, 4.69) is 0 Å². The van der Waals surface area contributed by atoms with E-state index in [-0.39, 0.29) is 6.61 Å². The van der Waals surface area contributed by atoms with Crippen molar-refractivity contribution in [1.82, 2.24) is 0 Å². The third kappa shape index (κ3) is 5.12. The Morgan fingerprint density at radius 2 is 2.05 bits per heavy atom. The summed E-state index contributed by atoms with van der Waals surface area (Å²) in [5, 5.41) is 9.84. The molecule has 4 nitrogen and oxygen atoms in total. The third-order valence-electron chi connectivity index (χ3n) is 3.72. The fourth-order valence-corrected chi connectivity index (χ4v) is 2.55. The van der Waals surface area contributed by atoms with Gasteiger partial charge in [0.2, 0.25) is 0 Å². The van der Waals surface area contributed by atoms with Crippen LogP contribution in [-0.2, 0) is 11.3 Å². The van der Waals surface area contributed by atoms with E-state index < -0.39 is 6.10 Å². The molecule has 1 saturated carbocycles. The van der Waals surface area contributed by atoms with Gasteiger partial charge >= 0.3 is 0 Å². The molecule has 0 spiro atoms. The molecule has 1 aromatic rings. The molecule has 1 aromatic carbocycles. The van der Waals surface area contributed by atoms with Crippen LogP contribution in [0.3, 0.4) is 0 Å². The average Bonchev–Trinajstić information content (AvgIpc) is 2.98. The van der Waals surface area contributed by atoms with E-state index in [9.17, 15) is 5.11 Å². The van der Waals surface area contributed by atoms with Crippen molar-refractivity contribution in [2.24, 2.45) is 11.7 Å². The summed E-state index contributed by atoms with van der Waals surface area (Å²) in [6, 6.07) is 7.62. The molecule has 0 amide bonds. The zero-order valence-electron chi connectivity index (χ0n) is 12.0. The molecule has 1 fully saturated rings. The number of rotatable bonds is 8. The molecule has 0 bridgehead atoms. The maximum atomic E-state index is 9.84. The van der Waals surface area contributed by atoms with Gasteiger partial charge in [-0.2, -0.15) is 0 Å². The summed E-state index contributed by atoms with van der Waals surface area (Å²) >= 11 is 0. The molecule has 1 atom stereocenters. The molecule has 1 aliphatic carbocycles. The lowest BCUT2D eigenvalue weighted by molar-refractivity contribution is 0.00113. The van der Waals surface area contributed by atoms with Gasteiger partial charge in [0.1, 0.15) is 18.5 Å². The van der Waals surface area contributed by atoms with Crippen LogP contribution in [0.4, 0.5) is 0 Å². The Morgan fingerprint density at radius 3 is 2.80 bits per heavy atom. The molecule has 0 aromatic heterocycles. The number of hydrogen-bond acceptors (Lipinski definition) is 4. The zero-order valence-corrected chi connectivity index (χ0v) is 12.0. The lowest BCUT2D eigenvalue weighted by Crippen LogP contribution is -2.24. The van der Waals surface area contributed by atoms with Crippen molar-refractivity contribution in [2.75, 3.05) is 19.8 Å². The highest BCUT2D eigenvalue weighted by molar-refractivity contribution is 5.28. The van der Waals surface area contributed by atoms with E-state index in [4.69, 9.17) is 15.2 Å². The number of aliphatic hydroxyl groups excluding tert-OH is 1. The van der Waals surface area contributed by atoms with E-state index in [1.807, 2.05) is 24.3 Å². The highest BCUT2D eigenvalue weighted by Crippen LogP contribution is 2.24. The van der Waals surface area contributed by atoms with E-state index in [0.29, 0.717) is 19.1 Å². The molecule has 2 rings (SSSR count). The average molecular weight is 279 g/mol. The van der Waals surface area contributed by atoms with Gasteiger partial charge in [-0.15, -0.1) is 0 Å². The lowest BCUT2D eigenvalue weighted by Gasteiger charge is -2.15. The maximum Gasteiger partial charge on any atom is 0.119 e. The summed E-state index contributed by atoms with van der Waals surface area (Å²) in [5.74, 6) is 1.42. The molecule has 1 unspecified atom stereocenters. The standard InChI is InChI=1S/C16H25NO3/c17-9-14-6-3-7-16(8-14)20-12-15(18)11-19-10-13-4-1-2-5-13/h3,6-8,13,15,18H,1-2,4-5,9-12,17H2. The summed E-state index contributed by atoms with van der Waals surface area (Å²) in [7, 11) is 0. The lowest BCUT2D eigenvalue weighted by atomic mass is 10.1. The normalized spacial score (nSPS) is 17.3. The molecule has 20 heavy (non-hydrogen) atoms. The Bertz CT molecular complexity index is 391. The quantitative estimate of drug-likeness (QED) is 0.765. The molecule has 3 N–H and O–H groups in total. The van der Waals surface area contributed by atoms with Crippen LogP contribution in [0.5, 0.6) is 5.75 Å².